The largest absolute Gasteiger partial charge is 0.497 e. The van der Waals surface area contributed by atoms with Crippen molar-refractivity contribution >= 4 is 5.91 Å². The number of hydrogen-bond acceptors (Lipinski definition) is 4. The van der Waals surface area contributed by atoms with Crippen LogP contribution in [0.1, 0.15) is 31.5 Å². The lowest BCUT2D eigenvalue weighted by Crippen LogP contribution is -2.41. The molecule has 3 rings (SSSR count). The minimum atomic E-state index is 0.249. The number of likely N-dealkylation sites (tertiary alicyclic amines) is 1. The van der Waals surface area contributed by atoms with Crippen LogP contribution in [0.15, 0.2) is 36.7 Å². The van der Waals surface area contributed by atoms with Crippen LogP contribution in [0, 0.1) is 12.8 Å². The molecule has 0 radical (unpaired) electrons. The van der Waals surface area contributed by atoms with Crippen LogP contribution in [0.4, 0.5) is 0 Å². The highest BCUT2D eigenvalue weighted by Crippen LogP contribution is 2.22. The molecule has 0 N–H and O–H groups in total. The summed E-state index contributed by atoms with van der Waals surface area (Å²) in [6.45, 7) is 5.10. The van der Waals surface area contributed by atoms with Crippen molar-refractivity contribution < 1.29 is 14.3 Å². The summed E-state index contributed by atoms with van der Waals surface area (Å²) in [5.74, 6) is 3.23. The molecule has 6 nitrogen and oxygen atoms in total. The predicted molar refractivity (Wildman–Crippen MR) is 104 cm³/mol. The summed E-state index contributed by atoms with van der Waals surface area (Å²) in [7, 11) is 1.65. The summed E-state index contributed by atoms with van der Waals surface area (Å²) in [5, 5.41) is 0. The first-order valence-corrected chi connectivity index (χ1v) is 9.68. The Kier molecular flexibility index (Phi) is 6.74. The number of ether oxygens (including phenoxy) is 2. The van der Waals surface area contributed by atoms with Gasteiger partial charge in [-0.15, -0.1) is 0 Å². The zero-order valence-electron chi connectivity index (χ0n) is 16.3. The molecule has 0 spiro atoms. The average molecular weight is 371 g/mol. The standard InChI is InChI=1S/C21H29N3O3/c1-17-22-10-13-23(17)11-5-9-21(25)24-12-4-6-18(15-24)16-27-20-8-3-7-19(14-20)26-2/h3,7-8,10,13-14,18H,4-6,9,11-12,15-16H2,1-2H3. The van der Waals surface area contributed by atoms with Gasteiger partial charge in [-0.2, -0.15) is 0 Å². The molecule has 1 unspecified atom stereocenters. The highest BCUT2D eigenvalue weighted by molar-refractivity contribution is 5.76. The molecule has 1 saturated heterocycles. The number of aromatic nitrogens is 2. The molecule has 27 heavy (non-hydrogen) atoms. The van der Waals surface area contributed by atoms with Gasteiger partial charge in [-0.05, 0) is 38.3 Å². The molecule has 1 amide bonds. The molecule has 146 valence electrons. The molecular formula is C21H29N3O3. The Morgan fingerprint density at radius 2 is 2.19 bits per heavy atom. The first-order chi connectivity index (χ1) is 13.2. The fourth-order valence-electron chi connectivity index (χ4n) is 3.53. The maximum atomic E-state index is 12.6. The number of carbonyl (C=O) groups excluding carboxylic acids is 1. The van der Waals surface area contributed by atoms with Gasteiger partial charge in [0, 0.05) is 50.4 Å². The average Bonchev–Trinajstić information content (AvgIpc) is 3.11. The molecule has 1 aromatic heterocycles. The van der Waals surface area contributed by atoms with Crippen molar-refractivity contribution in [2.45, 2.75) is 39.2 Å². The first-order valence-electron chi connectivity index (χ1n) is 9.68. The summed E-state index contributed by atoms with van der Waals surface area (Å²) >= 11 is 0. The van der Waals surface area contributed by atoms with E-state index in [2.05, 4.69) is 9.55 Å². The molecule has 1 atom stereocenters. The molecule has 1 aliphatic heterocycles. The van der Waals surface area contributed by atoms with Crippen LogP contribution < -0.4 is 9.47 Å². The quantitative estimate of drug-likeness (QED) is 0.714. The molecule has 2 heterocycles. The van der Waals surface area contributed by atoms with Gasteiger partial charge in [-0.25, -0.2) is 4.98 Å². The van der Waals surface area contributed by atoms with Gasteiger partial charge in [-0.3, -0.25) is 4.79 Å². The monoisotopic (exact) mass is 371 g/mol. The smallest absolute Gasteiger partial charge is 0.222 e. The van der Waals surface area contributed by atoms with Crippen molar-refractivity contribution in [3.8, 4) is 11.5 Å². The van der Waals surface area contributed by atoms with Gasteiger partial charge in [0.25, 0.3) is 0 Å². The lowest BCUT2D eigenvalue weighted by Gasteiger charge is -2.32. The molecule has 2 aromatic rings. The molecule has 0 saturated carbocycles. The third kappa shape index (κ3) is 5.49. The van der Waals surface area contributed by atoms with E-state index in [4.69, 9.17) is 9.47 Å². The molecular weight excluding hydrogens is 342 g/mol. The summed E-state index contributed by atoms with van der Waals surface area (Å²) in [6, 6.07) is 7.65. The van der Waals surface area contributed by atoms with Crippen molar-refractivity contribution in [3.05, 3.63) is 42.5 Å². The number of nitrogens with zero attached hydrogens (tertiary/aromatic N) is 3. The second kappa shape index (κ2) is 9.44. The van der Waals surface area contributed by atoms with E-state index in [1.165, 1.54) is 0 Å². The highest BCUT2D eigenvalue weighted by atomic mass is 16.5. The van der Waals surface area contributed by atoms with Crippen LogP contribution in [0.5, 0.6) is 11.5 Å². The van der Waals surface area contributed by atoms with Gasteiger partial charge >= 0.3 is 0 Å². The van der Waals surface area contributed by atoms with Crippen molar-refractivity contribution in [2.75, 3.05) is 26.8 Å². The number of aryl methyl sites for hydroxylation is 2. The van der Waals surface area contributed by atoms with E-state index in [1.807, 2.05) is 42.3 Å². The number of piperidine rings is 1. The lowest BCUT2D eigenvalue weighted by molar-refractivity contribution is -0.133. The fraction of sp³-hybridized carbons (Fsp3) is 0.524. The van der Waals surface area contributed by atoms with E-state index in [-0.39, 0.29) is 5.91 Å². The second-order valence-corrected chi connectivity index (χ2v) is 7.11. The Bertz CT molecular complexity index is 744. The minimum Gasteiger partial charge on any atom is -0.497 e. The molecule has 1 aromatic carbocycles. The predicted octanol–water partition coefficient (Wildman–Crippen LogP) is 3.30. The number of imidazole rings is 1. The topological polar surface area (TPSA) is 56.6 Å². The molecule has 0 aliphatic carbocycles. The first kappa shape index (κ1) is 19.3. The van der Waals surface area contributed by atoms with Crippen LogP contribution in [0.25, 0.3) is 0 Å². The minimum absolute atomic E-state index is 0.249. The van der Waals surface area contributed by atoms with Crippen molar-refractivity contribution in [3.63, 3.8) is 0 Å². The zero-order chi connectivity index (χ0) is 19.1. The molecule has 0 bridgehead atoms. The van der Waals surface area contributed by atoms with Crippen molar-refractivity contribution in [1.82, 2.24) is 14.5 Å². The van der Waals surface area contributed by atoms with Gasteiger partial charge in [-0.1, -0.05) is 6.07 Å². The van der Waals surface area contributed by atoms with Crippen LogP contribution in [0.3, 0.4) is 0 Å². The number of methoxy groups -OCH3 is 1. The van der Waals surface area contributed by atoms with Gasteiger partial charge in [0.15, 0.2) is 0 Å². The number of benzene rings is 1. The number of amides is 1. The van der Waals surface area contributed by atoms with Crippen molar-refractivity contribution in [1.29, 1.82) is 0 Å². The number of carbonyl (C=O) groups is 1. The zero-order valence-corrected chi connectivity index (χ0v) is 16.3. The van der Waals surface area contributed by atoms with Crippen LogP contribution in [-0.2, 0) is 11.3 Å². The highest BCUT2D eigenvalue weighted by Gasteiger charge is 2.23. The van der Waals surface area contributed by atoms with Gasteiger partial charge in [0.2, 0.25) is 5.91 Å². The maximum absolute atomic E-state index is 12.6. The Morgan fingerprint density at radius 3 is 2.96 bits per heavy atom. The van der Waals surface area contributed by atoms with E-state index in [0.29, 0.717) is 18.9 Å². The van der Waals surface area contributed by atoms with E-state index in [1.54, 1.807) is 13.3 Å². The maximum Gasteiger partial charge on any atom is 0.222 e. The summed E-state index contributed by atoms with van der Waals surface area (Å²) in [5.41, 5.74) is 0. The Labute approximate surface area is 161 Å². The lowest BCUT2D eigenvalue weighted by atomic mass is 9.98. The van der Waals surface area contributed by atoms with Gasteiger partial charge in [0.05, 0.1) is 13.7 Å². The van der Waals surface area contributed by atoms with E-state index < -0.39 is 0 Å². The molecule has 1 aliphatic rings. The van der Waals surface area contributed by atoms with E-state index >= 15 is 0 Å². The van der Waals surface area contributed by atoms with Crippen molar-refractivity contribution in [2.24, 2.45) is 5.92 Å². The number of rotatable bonds is 8. The molecule has 1 fully saturated rings. The SMILES string of the molecule is COc1cccc(OCC2CCCN(C(=O)CCCn3ccnc3C)C2)c1. The molecule has 6 heteroatoms. The van der Waals surface area contributed by atoms with Crippen LogP contribution >= 0.6 is 0 Å². The van der Waals surface area contributed by atoms with Crippen LogP contribution in [-0.4, -0.2) is 47.2 Å². The summed E-state index contributed by atoms with van der Waals surface area (Å²) in [4.78, 5) is 18.8. The third-order valence-corrected chi connectivity index (χ3v) is 5.11. The summed E-state index contributed by atoms with van der Waals surface area (Å²) < 4.78 is 13.3. The third-order valence-electron chi connectivity index (χ3n) is 5.11. The Hall–Kier alpha value is -2.50. The van der Waals surface area contributed by atoms with Crippen LogP contribution in [0.2, 0.25) is 0 Å². The summed E-state index contributed by atoms with van der Waals surface area (Å²) in [6.07, 6.45) is 7.33. The number of hydrogen-bond donors (Lipinski definition) is 0. The Balaban J connectivity index is 1.42. The van der Waals surface area contributed by atoms with Gasteiger partial charge < -0.3 is 18.9 Å². The van der Waals surface area contributed by atoms with E-state index in [9.17, 15) is 4.79 Å². The van der Waals surface area contributed by atoms with E-state index in [0.717, 1.165) is 56.2 Å². The van der Waals surface area contributed by atoms with Gasteiger partial charge in [0.1, 0.15) is 17.3 Å². The fourth-order valence-corrected chi connectivity index (χ4v) is 3.53. The normalized spacial score (nSPS) is 17.0. The second-order valence-electron chi connectivity index (χ2n) is 7.11. The Morgan fingerprint density at radius 1 is 1.33 bits per heavy atom.